The lowest BCUT2D eigenvalue weighted by Gasteiger charge is -2.13. The lowest BCUT2D eigenvalue weighted by Crippen LogP contribution is -2.27. The highest BCUT2D eigenvalue weighted by atomic mass is 32.2. The summed E-state index contributed by atoms with van der Waals surface area (Å²) in [6, 6.07) is 13.9. The molecular weight excluding hydrogens is 481 g/mol. The molecule has 0 unspecified atom stereocenters. The van der Waals surface area contributed by atoms with Crippen LogP contribution in [-0.2, 0) is 4.79 Å². The minimum Gasteiger partial charge on any atom is -0.457 e. The maximum absolute atomic E-state index is 12.9. The number of hydrogen-bond donors (Lipinski definition) is 0. The fourth-order valence-electron chi connectivity index (χ4n) is 3.02. The van der Waals surface area contributed by atoms with Crippen molar-refractivity contribution in [2.45, 2.75) is 6.36 Å². The topological polar surface area (TPSA) is 85.8 Å². The fourth-order valence-corrected chi connectivity index (χ4v) is 4.30. The summed E-state index contributed by atoms with van der Waals surface area (Å²) < 4.78 is 47.9. The normalized spacial score (nSPS) is 15.4. The van der Waals surface area contributed by atoms with Gasteiger partial charge in [0.25, 0.3) is 11.6 Å². The number of carbonyl (C=O) groups is 1. The number of anilines is 1. The van der Waals surface area contributed by atoms with Crippen molar-refractivity contribution >= 4 is 51.7 Å². The number of thiocarbonyl (C=S) groups is 1. The van der Waals surface area contributed by atoms with E-state index in [4.69, 9.17) is 16.6 Å². The number of benzene rings is 2. The van der Waals surface area contributed by atoms with E-state index in [0.717, 1.165) is 22.7 Å². The van der Waals surface area contributed by atoms with Gasteiger partial charge in [-0.1, -0.05) is 42.2 Å². The lowest BCUT2D eigenvalue weighted by molar-refractivity contribution is -0.384. The SMILES string of the molecule is O=C1/C(=C/c2ccc(-c3ccccc3OC(F)(F)F)o2)SC(=S)N1c1cccc([N+](=O)[O-])c1. The fraction of sp³-hybridized carbons (Fsp3) is 0.0476. The third-order valence-corrected chi connectivity index (χ3v) is 5.67. The summed E-state index contributed by atoms with van der Waals surface area (Å²) in [5, 5.41) is 11.0. The number of alkyl halides is 3. The van der Waals surface area contributed by atoms with Crippen molar-refractivity contribution in [2.24, 2.45) is 0 Å². The van der Waals surface area contributed by atoms with E-state index in [-0.39, 0.29) is 37.7 Å². The first-order chi connectivity index (χ1) is 15.6. The van der Waals surface area contributed by atoms with Crippen LogP contribution in [0.15, 0.2) is 70.0 Å². The quantitative estimate of drug-likeness (QED) is 0.183. The zero-order valence-electron chi connectivity index (χ0n) is 16.2. The largest absolute Gasteiger partial charge is 0.573 e. The first kappa shape index (κ1) is 22.6. The van der Waals surface area contributed by atoms with E-state index >= 15 is 0 Å². The number of ether oxygens (including phenoxy) is 1. The third kappa shape index (κ3) is 4.91. The van der Waals surface area contributed by atoms with E-state index in [9.17, 15) is 28.1 Å². The van der Waals surface area contributed by atoms with Gasteiger partial charge in [-0.3, -0.25) is 19.8 Å². The molecule has 7 nitrogen and oxygen atoms in total. The number of rotatable bonds is 5. The molecule has 2 heterocycles. The van der Waals surface area contributed by atoms with Crippen LogP contribution >= 0.6 is 24.0 Å². The van der Waals surface area contributed by atoms with Gasteiger partial charge in [-0.15, -0.1) is 13.2 Å². The number of amides is 1. The van der Waals surface area contributed by atoms with Crippen LogP contribution in [0.2, 0.25) is 0 Å². The minimum atomic E-state index is -4.87. The number of nitro benzene ring substituents is 1. The van der Waals surface area contributed by atoms with Gasteiger partial charge in [-0.2, -0.15) is 0 Å². The first-order valence-electron chi connectivity index (χ1n) is 9.10. The number of carbonyl (C=O) groups excluding carboxylic acids is 1. The van der Waals surface area contributed by atoms with E-state index in [1.165, 1.54) is 60.7 Å². The van der Waals surface area contributed by atoms with E-state index in [2.05, 4.69) is 4.74 Å². The number of thioether (sulfide) groups is 1. The van der Waals surface area contributed by atoms with Gasteiger partial charge in [-0.05, 0) is 30.3 Å². The van der Waals surface area contributed by atoms with Gasteiger partial charge in [0.2, 0.25) is 0 Å². The van der Waals surface area contributed by atoms with Crippen LogP contribution in [0, 0.1) is 10.1 Å². The molecule has 0 aliphatic carbocycles. The molecule has 0 bridgehead atoms. The van der Waals surface area contributed by atoms with Gasteiger partial charge in [0.15, 0.2) is 4.32 Å². The Morgan fingerprint density at radius 3 is 2.61 bits per heavy atom. The van der Waals surface area contributed by atoms with Gasteiger partial charge in [0.1, 0.15) is 17.3 Å². The molecule has 12 heteroatoms. The molecule has 1 aliphatic heterocycles. The first-order valence-corrected chi connectivity index (χ1v) is 10.3. The molecule has 0 radical (unpaired) electrons. The van der Waals surface area contributed by atoms with Crippen LogP contribution in [0.25, 0.3) is 17.4 Å². The van der Waals surface area contributed by atoms with Crippen molar-refractivity contribution < 1.29 is 32.0 Å². The molecule has 1 fully saturated rings. The summed E-state index contributed by atoms with van der Waals surface area (Å²) in [6.45, 7) is 0. The maximum Gasteiger partial charge on any atom is 0.573 e. The van der Waals surface area contributed by atoms with E-state index in [0.29, 0.717) is 0 Å². The molecule has 3 aromatic rings. The Bertz CT molecular complexity index is 1300. The molecule has 1 saturated heterocycles. The van der Waals surface area contributed by atoms with E-state index in [1.807, 2.05) is 0 Å². The second kappa shape index (κ2) is 8.71. The summed E-state index contributed by atoms with van der Waals surface area (Å²) in [5.74, 6) is -0.631. The van der Waals surface area contributed by atoms with Crippen LogP contribution in [0.5, 0.6) is 5.75 Å². The zero-order valence-corrected chi connectivity index (χ0v) is 17.9. The standard InChI is InChI=1S/C21H11F3N2O5S2/c22-21(23,24)31-17-7-2-1-6-15(17)16-9-8-14(30-16)11-18-19(27)25(20(32)33-18)12-4-3-5-13(10-12)26(28)29/h1-11H/b18-11-. The summed E-state index contributed by atoms with van der Waals surface area (Å²) in [4.78, 5) is 24.7. The molecular formula is C21H11F3N2O5S2. The molecule has 4 rings (SSSR count). The van der Waals surface area contributed by atoms with Gasteiger partial charge in [0.05, 0.1) is 21.1 Å². The summed E-state index contributed by atoms with van der Waals surface area (Å²) in [5.41, 5.74) is 0.132. The average molecular weight is 492 g/mol. The molecule has 0 saturated carbocycles. The number of hydrogen-bond acceptors (Lipinski definition) is 7. The third-order valence-electron chi connectivity index (χ3n) is 4.37. The highest BCUT2D eigenvalue weighted by Gasteiger charge is 2.35. The molecule has 2 aromatic carbocycles. The summed E-state index contributed by atoms with van der Waals surface area (Å²) in [7, 11) is 0. The Balaban J connectivity index is 1.61. The molecule has 1 aromatic heterocycles. The summed E-state index contributed by atoms with van der Waals surface area (Å²) in [6.07, 6.45) is -3.47. The smallest absolute Gasteiger partial charge is 0.457 e. The lowest BCUT2D eigenvalue weighted by atomic mass is 10.1. The maximum atomic E-state index is 12.9. The number of non-ortho nitro benzene ring substituents is 1. The molecule has 0 N–H and O–H groups in total. The number of nitro groups is 1. The molecule has 0 atom stereocenters. The van der Waals surface area contributed by atoms with E-state index < -0.39 is 22.9 Å². The Hall–Kier alpha value is -3.64. The van der Waals surface area contributed by atoms with Crippen LogP contribution in [0.1, 0.15) is 5.76 Å². The predicted molar refractivity (Wildman–Crippen MR) is 120 cm³/mol. The highest BCUT2D eigenvalue weighted by Crippen LogP contribution is 2.39. The Morgan fingerprint density at radius 2 is 1.88 bits per heavy atom. The summed E-state index contributed by atoms with van der Waals surface area (Å²) >= 11 is 6.22. The van der Waals surface area contributed by atoms with Gasteiger partial charge >= 0.3 is 6.36 Å². The van der Waals surface area contributed by atoms with Crippen molar-refractivity contribution in [3.63, 3.8) is 0 Å². The van der Waals surface area contributed by atoms with Gasteiger partial charge in [-0.25, -0.2) is 0 Å². The van der Waals surface area contributed by atoms with Gasteiger partial charge < -0.3 is 9.15 Å². The van der Waals surface area contributed by atoms with Crippen molar-refractivity contribution in [1.29, 1.82) is 0 Å². The second-order valence-electron chi connectivity index (χ2n) is 6.54. The Morgan fingerprint density at radius 1 is 1.12 bits per heavy atom. The van der Waals surface area contributed by atoms with Crippen molar-refractivity contribution in [1.82, 2.24) is 0 Å². The van der Waals surface area contributed by atoms with Gasteiger partial charge in [0, 0.05) is 18.2 Å². The molecule has 168 valence electrons. The number of halogens is 3. The monoisotopic (exact) mass is 492 g/mol. The Labute approximate surface area is 193 Å². The van der Waals surface area contributed by atoms with E-state index in [1.54, 1.807) is 0 Å². The van der Waals surface area contributed by atoms with Crippen LogP contribution in [0.3, 0.4) is 0 Å². The van der Waals surface area contributed by atoms with Crippen LogP contribution in [0.4, 0.5) is 24.5 Å². The number of nitrogens with zero attached hydrogens (tertiary/aromatic N) is 2. The molecule has 0 spiro atoms. The zero-order chi connectivity index (χ0) is 23.8. The molecule has 1 amide bonds. The van der Waals surface area contributed by atoms with Crippen molar-refractivity contribution in [2.75, 3.05) is 4.90 Å². The minimum absolute atomic E-state index is 0.0821. The van der Waals surface area contributed by atoms with Crippen molar-refractivity contribution in [3.05, 3.63) is 81.4 Å². The number of para-hydroxylation sites is 1. The predicted octanol–water partition coefficient (Wildman–Crippen LogP) is 6.16. The highest BCUT2D eigenvalue weighted by molar-refractivity contribution is 8.27. The molecule has 33 heavy (non-hydrogen) atoms. The second-order valence-corrected chi connectivity index (χ2v) is 8.22. The van der Waals surface area contributed by atoms with Crippen LogP contribution < -0.4 is 9.64 Å². The van der Waals surface area contributed by atoms with Crippen molar-refractivity contribution in [3.8, 4) is 17.1 Å². The number of furan rings is 1. The molecule has 1 aliphatic rings. The van der Waals surface area contributed by atoms with Crippen LogP contribution in [-0.4, -0.2) is 21.5 Å². The Kier molecular flexibility index (Phi) is 5.95. The average Bonchev–Trinajstić information content (AvgIpc) is 3.31.